The van der Waals surface area contributed by atoms with Gasteiger partial charge < -0.3 is 14.7 Å². The van der Waals surface area contributed by atoms with Crippen LogP contribution in [0.15, 0.2) is 16.9 Å². The van der Waals surface area contributed by atoms with Gasteiger partial charge in [-0.3, -0.25) is 4.79 Å². The zero-order valence-electron chi connectivity index (χ0n) is 14.9. The first-order valence-corrected chi connectivity index (χ1v) is 8.73. The maximum absolute atomic E-state index is 12.8. The van der Waals surface area contributed by atoms with Crippen molar-refractivity contribution in [2.24, 2.45) is 5.41 Å². The quantitative estimate of drug-likeness (QED) is 0.923. The average molecular weight is 341 g/mol. The highest BCUT2D eigenvalue weighted by atomic mass is 16.5. The van der Waals surface area contributed by atoms with Crippen LogP contribution in [0.5, 0.6) is 0 Å². The van der Waals surface area contributed by atoms with Gasteiger partial charge in [0.15, 0.2) is 0 Å². The Morgan fingerprint density at radius 3 is 2.80 bits per heavy atom. The van der Waals surface area contributed by atoms with E-state index in [4.69, 9.17) is 4.52 Å². The summed E-state index contributed by atoms with van der Waals surface area (Å²) in [4.78, 5) is 23.1. The fraction of sp³-hybridized carbons (Fsp3) is 0.556. The van der Waals surface area contributed by atoms with Gasteiger partial charge in [-0.2, -0.15) is 0 Å². The lowest BCUT2D eigenvalue weighted by atomic mass is 9.65. The molecule has 1 saturated heterocycles. The molecule has 2 aromatic rings. The van der Waals surface area contributed by atoms with Crippen molar-refractivity contribution in [1.29, 1.82) is 0 Å². The summed E-state index contributed by atoms with van der Waals surface area (Å²) in [6.07, 6.45) is 4.79. The van der Waals surface area contributed by atoms with Crippen LogP contribution in [0.1, 0.15) is 46.8 Å². The first kappa shape index (κ1) is 16.1. The van der Waals surface area contributed by atoms with Gasteiger partial charge in [-0.1, -0.05) is 5.16 Å². The molecule has 0 atom stereocenters. The highest BCUT2D eigenvalue weighted by Crippen LogP contribution is 2.49. The number of anilines is 1. The Balaban J connectivity index is 1.37. The predicted molar refractivity (Wildman–Crippen MR) is 92.3 cm³/mol. The largest absolute Gasteiger partial charge is 0.367 e. The third-order valence-corrected chi connectivity index (χ3v) is 5.49. The summed E-state index contributed by atoms with van der Waals surface area (Å²) in [6.45, 7) is 7.21. The van der Waals surface area contributed by atoms with Crippen molar-refractivity contribution in [3.05, 3.63) is 35.1 Å². The second kappa shape index (κ2) is 5.82. The van der Waals surface area contributed by atoms with Gasteiger partial charge in [0.1, 0.15) is 23.5 Å². The number of amides is 1. The second-order valence-corrected chi connectivity index (χ2v) is 7.47. The second-order valence-electron chi connectivity index (χ2n) is 7.47. The molecule has 2 fully saturated rings. The first-order chi connectivity index (χ1) is 12.0. The van der Waals surface area contributed by atoms with Crippen LogP contribution in [0.2, 0.25) is 0 Å². The van der Waals surface area contributed by atoms with Gasteiger partial charge in [0, 0.05) is 30.9 Å². The van der Waals surface area contributed by atoms with Gasteiger partial charge >= 0.3 is 0 Å². The maximum Gasteiger partial charge on any atom is 0.259 e. The predicted octanol–water partition coefficient (Wildman–Crippen LogP) is 2.50. The van der Waals surface area contributed by atoms with E-state index in [1.807, 2.05) is 24.8 Å². The molecule has 1 saturated carbocycles. The monoisotopic (exact) mass is 341 g/mol. The summed E-state index contributed by atoms with van der Waals surface area (Å²) in [7, 11) is 0. The van der Waals surface area contributed by atoms with Crippen LogP contribution in [0.4, 0.5) is 5.82 Å². The Kier molecular flexibility index (Phi) is 3.74. The number of rotatable bonds is 3. The minimum absolute atomic E-state index is 0.0518. The molecule has 1 N–H and O–H groups in total. The van der Waals surface area contributed by atoms with Gasteiger partial charge in [-0.15, -0.1) is 0 Å². The summed E-state index contributed by atoms with van der Waals surface area (Å²) in [5, 5.41) is 7.38. The van der Waals surface area contributed by atoms with Crippen LogP contribution in [-0.4, -0.2) is 45.1 Å². The molecule has 7 nitrogen and oxygen atoms in total. The molecular weight excluding hydrogens is 318 g/mol. The number of carbonyl (C=O) groups excluding carboxylic acids is 1. The van der Waals surface area contributed by atoms with Crippen LogP contribution < -0.4 is 5.32 Å². The van der Waals surface area contributed by atoms with Crippen LogP contribution in [0.25, 0.3) is 0 Å². The van der Waals surface area contributed by atoms with E-state index >= 15 is 0 Å². The summed E-state index contributed by atoms with van der Waals surface area (Å²) in [5.74, 6) is 1.54. The maximum atomic E-state index is 12.8. The number of aromatic nitrogens is 3. The van der Waals surface area contributed by atoms with Crippen molar-refractivity contribution in [2.75, 3.05) is 18.4 Å². The zero-order chi connectivity index (χ0) is 17.6. The lowest BCUT2D eigenvalue weighted by Crippen LogP contribution is -2.47. The van der Waals surface area contributed by atoms with Gasteiger partial charge in [-0.05, 0) is 45.4 Å². The molecule has 1 aliphatic heterocycles. The summed E-state index contributed by atoms with van der Waals surface area (Å²) >= 11 is 0. The summed E-state index contributed by atoms with van der Waals surface area (Å²) in [6, 6.07) is 2.39. The average Bonchev–Trinajstić information content (AvgIpc) is 3.11. The van der Waals surface area contributed by atoms with E-state index in [9.17, 15) is 4.79 Å². The van der Waals surface area contributed by atoms with Crippen molar-refractivity contribution >= 4 is 11.7 Å². The van der Waals surface area contributed by atoms with E-state index in [0.29, 0.717) is 23.1 Å². The summed E-state index contributed by atoms with van der Waals surface area (Å²) in [5.41, 5.74) is 2.51. The number of hydrogen-bond donors (Lipinski definition) is 1. The van der Waals surface area contributed by atoms with E-state index < -0.39 is 0 Å². The SMILES string of the molecule is Cc1cc(NC2CC3(CCN(C(=O)c4c(C)noc4C)C3)C2)ncn1. The van der Waals surface area contributed by atoms with Crippen molar-refractivity contribution in [3.8, 4) is 0 Å². The number of nitrogens with zero attached hydrogens (tertiary/aromatic N) is 4. The molecule has 2 aromatic heterocycles. The molecule has 132 valence electrons. The van der Waals surface area contributed by atoms with E-state index in [2.05, 4.69) is 20.4 Å². The number of nitrogens with one attached hydrogen (secondary N) is 1. The lowest BCUT2D eigenvalue weighted by molar-refractivity contribution is 0.0713. The van der Waals surface area contributed by atoms with Crippen LogP contribution in [0.3, 0.4) is 0 Å². The van der Waals surface area contributed by atoms with Crippen molar-refractivity contribution < 1.29 is 9.32 Å². The smallest absolute Gasteiger partial charge is 0.259 e. The molecule has 1 aliphatic carbocycles. The Morgan fingerprint density at radius 2 is 2.12 bits per heavy atom. The third-order valence-electron chi connectivity index (χ3n) is 5.49. The lowest BCUT2D eigenvalue weighted by Gasteiger charge is -2.45. The molecule has 0 unspecified atom stereocenters. The molecule has 4 rings (SSSR count). The summed E-state index contributed by atoms with van der Waals surface area (Å²) < 4.78 is 5.14. The van der Waals surface area contributed by atoms with Crippen molar-refractivity contribution in [2.45, 2.75) is 46.1 Å². The zero-order valence-corrected chi connectivity index (χ0v) is 14.9. The first-order valence-electron chi connectivity index (χ1n) is 8.73. The van der Waals surface area contributed by atoms with Gasteiger partial charge in [-0.25, -0.2) is 9.97 Å². The third kappa shape index (κ3) is 2.88. The molecule has 1 amide bonds. The van der Waals surface area contributed by atoms with Crippen molar-refractivity contribution in [1.82, 2.24) is 20.0 Å². The fourth-order valence-corrected chi connectivity index (χ4v) is 4.22. The highest BCUT2D eigenvalue weighted by molar-refractivity contribution is 5.96. The molecule has 1 spiro atoms. The molecule has 0 aromatic carbocycles. The Bertz CT molecular complexity index is 790. The van der Waals surface area contributed by atoms with E-state index in [0.717, 1.165) is 43.9 Å². The highest BCUT2D eigenvalue weighted by Gasteiger charge is 2.49. The van der Waals surface area contributed by atoms with Crippen molar-refractivity contribution in [3.63, 3.8) is 0 Å². The topological polar surface area (TPSA) is 84.2 Å². The number of carbonyl (C=O) groups is 1. The standard InChI is InChI=1S/C18H23N5O2/c1-11-6-15(20-10-19-11)21-14-7-18(8-14)4-5-23(9-18)17(24)16-12(2)22-25-13(16)3/h6,10,14H,4-5,7-9H2,1-3H3,(H,19,20,21). The van der Waals surface area contributed by atoms with Crippen LogP contribution >= 0.6 is 0 Å². The fourth-order valence-electron chi connectivity index (χ4n) is 4.22. The minimum atomic E-state index is 0.0518. The number of aryl methyl sites for hydroxylation is 3. The number of hydrogen-bond acceptors (Lipinski definition) is 6. The van der Waals surface area contributed by atoms with E-state index in [-0.39, 0.29) is 11.3 Å². The molecule has 3 heterocycles. The molecule has 25 heavy (non-hydrogen) atoms. The van der Waals surface area contributed by atoms with Gasteiger partial charge in [0.25, 0.3) is 5.91 Å². The minimum Gasteiger partial charge on any atom is -0.367 e. The van der Waals surface area contributed by atoms with Gasteiger partial charge in [0.2, 0.25) is 0 Å². The molecule has 0 bridgehead atoms. The molecular formula is C18H23N5O2. The Morgan fingerprint density at radius 1 is 1.32 bits per heavy atom. The van der Waals surface area contributed by atoms with Crippen LogP contribution in [-0.2, 0) is 0 Å². The Labute approximate surface area is 146 Å². The van der Waals surface area contributed by atoms with E-state index in [1.165, 1.54) is 0 Å². The number of likely N-dealkylation sites (tertiary alicyclic amines) is 1. The van der Waals surface area contributed by atoms with E-state index in [1.54, 1.807) is 13.3 Å². The van der Waals surface area contributed by atoms with Gasteiger partial charge in [0.05, 0.1) is 5.69 Å². The molecule has 2 aliphatic rings. The molecule has 0 radical (unpaired) electrons. The molecule has 7 heteroatoms. The Hall–Kier alpha value is -2.44. The van der Waals surface area contributed by atoms with Crippen LogP contribution in [0, 0.1) is 26.2 Å². The normalized spacial score (nSPS) is 25.2.